The molecule has 45 heavy (non-hydrogen) atoms. The lowest BCUT2D eigenvalue weighted by Crippen LogP contribution is -2.59. The van der Waals surface area contributed by atoms with Gasteiger partial charge in [-0.25, -0.2) is 4.79 Å². The van der Waals surface area contributed by atoms with E-state index in [0.717, 1.165) is 0 Å². The second-order valence-electron chi connectivity index (χ2n) is 11.7. The summed E-state index contributed by atoms with van der Waals surface area (Å²) in [4.78, 5) is 87.1. The first-order valence-corrected chi connectivity index (χ1v) is 15.4. The summed E-state index contributed by atoms with van der Waals surface area (Å²) in [5.41, 5.74) is 11.4. The van der Waals surface area contributed by atoms with Crippen LogP contribution in [0, 0.1) is 11.8 Å². The summed E-state index contributed by atoms with van der Waals surface area (Å²) in [5, 5.41) is 30.8. The van der Waals surface area contributed by atoms with E-state index in [9.17, 15) is 38.7 Å². The third kappa shape index (κ3) is 16.2. The third-order valence-corrected chi connectivity index (χ3v) is 7.20. The molecule has 0 aliphatic rings. The van der Waals surface area contributed by atoms with E-state index in [1.54, 1.807) is 6.92 Å². The van der Waals surface area contributed by atoms with Crippen LogP contribution in [0.25, 0.3) is 0 Å². The van der Waals surface area contributed by atoms with E-state index in [-0.39, 0.29) is 24.7 Å². The van der Waals surface area contributed by atoms with Crippen molar-refractivity contribution in [1.29, 1.82) is 0 Å². The highest BCUT2D eigenvalue weighted by Gasteiger charge is 2.32. The maximum absolute atomic E-state index is 13.1. The summed E-state index contributed by atoms with van der Waals surface area (Å²) in [5.74, 6) is -6.29. The van der Waals surface area contributed by atoms with Gasteiger partial charge >= 0.3 is 11.9 Å². The number of rotatable bonds is 22. The average molecular weight is 644 g/mol. The molecule has 0 saturated carbocycles. The van der Waals surface area contributed by atoms with Crippen LogP contribution >= 0.6 is 0 Å². The van der Waals surface area contributed by atoms with Gasteiger partial charge in [0.15, 0.2) is 0 Å². The molecule has 0 bridgehead atoms. The summed E-state index contributed by atoms with van der Waals surface area (Å²) < 4.78 is 0. The van der Waals surface area contributed by atoms with Crippen molar-refractivity contribution in [1.82, 2.24) is 26.6 Å². The van der Waals surface area contributed by atoms with Gasteiger partial charge in [0.05, 0.1) is 6.04 Å². The standard InChI is InChI=1S/C29H53N7O9/c1-7-16(4)23(36-26(41)19(31)14-15(2)3)28(43)33-18(6)24(39)34-20(11-12-22(37)38)27(42)32-17(5)25(40)35-21(29(44)45)10-8-9-13-30/h15-21,23H,7-14,30-31H2,1-6H3,(H,32,42)(H,33,43)(H,34,39)(H,35,40)(H,36,41)(H,37,38)(H,44,45)/t16-,17-,18-,19-,20-,21-,23-/m0/s1. The van der Waals surface area contributed by atoms with Gasteiger partial charge in [-0.1, -0.05) is 34.1 Å². The van der Waals surface area contributed by atoms with Crippen LogP contribution in [0.15, 0.2) is 0 Å². The Morgan fingerprint density at radius 1 is 0.667 bits per heavy atom. The first kappa shape index (κ1) is 41.2. The Labute approximate surface area is 264 Å². The molecule has 16 nitrogen and oxygen atoms in total. The fraction of sp³-hybridized carbons (Fsp3) is 0.759. The van der Waals surface area contributed by atoms with Gasteiger partial charge in [-0.15, -0.1) is 0 Å². The molecule has 0 radical (unpaired) electrons. The fourth-order valence-electron chi connectivity index (χ4n) is 4.21. The number of carbonyl (C=O) groups is 7. The van der Waals surface area contributed by atoms with E-state index in [0.29, 0.717) is 32.2 Å². The summed E-state index contributed by atoms with van der Waals surface area (Å²) in [6.07, 6.45) is 1.26. The lowest BCUT2D eigenvalue weighted by Gasteiger charge is -2.27. The molecule has 0 unspecified atom stereocenters. The Morgan fingerprint density at radius 3 is 1.67 bits per heavy atom. The molecule has 11 N–H and O–H groups in total. The SMILES string of the molecule is CC[C@H](C)[C@H](NC(=O)[C@@H](N)CC(C)C)C(=O)N[C@@H](C)C(=O)N[C@@H](CCC(=O)O)C(=O)N[C@@H](C)C(=O)N[C@@H](CCCCN)C(=O)O. The molecule has 258 valence electrons. The maximum Gasteiger partial charge on any atom is 0.326 e. The molecule has 0 aromatic carbocycles. The molecule has 5 amide bonds. The Morgan fingerprint density at radius 2 is 1.20 bits per heavy atom. The van der Waals surface area contributed by atoms with E-state index in [2.05, 4.69) is 26.6 Å². The van der Waals surface area contributed by atoms with Crippen molar-refractivity contribution in [3.05, 3.63) is 0 Å². The van der Waals surface area contributed by atoms with Gasteiger partial charge in [0.2, 0.25) is 29.5 Å². The Bertz CT molecular complexity index is 1020. The minimum Gasteiger partial charge on any atom is -0.481 e. The molecule has 0 spiro atoms. The molecular formula is C29H53N7O9. The molecule has 0 aliphatic carbocycles. The smallest absolute Gasteiger partial charge is 0.326 e. The van der Waals surface area contributed by atoms with Gasteiger partial charge < -0.3 is 48.3 Å². The number of carboxylic acid groups (broad SMARTS) is 2. The zero-order valence-electron chi connectivity index (χ0n) is 27.2. The second kappa shape index (κ2) is 21.0. The molecule has 0 fully saturated rings. The van der Waals surface area contributed by atoms with Gasteiger partial charge in [-0.3, -0.25) is 28.8 Å². The van der Waals surface area contributed by atoms with Crippen molar-refractivity contribution >= 4 is 41.5 Å². The Hall–Kier alpha value is -3.79. The Kier molecular flexibility index (Phi) is 19.3. The third-order valence-electron chi connectivity index (χ3n) is 7.20. The summed E-state index contributed by atoms with van der Waals surface area (Å²) in [6, 6.07) is -6.85. The van der Waals surface area contributed by atoms with Crippen molar-refractivity contribution in [3.63, 3.8) is 0 Å². The zero-order chi connectivity index (χ0) is 34.9. The highest BCUT2D eigenvalue weighted by Crippen LogP contribution is 2.11. The van der Waals surface area contributed by atoms with Gasteiger partial charge in [-0.2, -0.15) is 0 Å². The van der Waals surface area contributed by atoms with Crippen molar-refractivity contribution in [2.45, 2.75) is 123 Å². The topological polar surface area (TPSA) is 272 Å². The number of amides is 5. The normalized spacial score (nSPS) is 15.8. The number of carbonyl (C=O) groups excluding carboxylic acids is 5. The summed E-state index contributed by atoms with van der Waals surface area (Å²) in [7, 11) is 0. The number of nitrogens with two attached hydrogens (primary N) is 2. The number of hydrogen-bond acceptors (Lipinski definition) is 9. The number of aliphatic carboxylic acids is 2. The first-order valence-electron chi connectivity index (χ1n) is 15.4. The molecule has 0 aromatic heterocycles. The van der Waals surface area contributed by atoms with Gasteiger partial charge in [-0.05, 0) is 64.3 Å². The number of unbranched alkanes of at least 4 members (excludes halogenated alkanes) is 1. The first-order chi connectivity index (χ1) is 20.9. The van der Waals surface area contributed by atoms with Crippen LogP contribution in [0.5, 0.6) is 0 Å². The Balaban J connectivity index is 5.52. The zero-order valence-corrected chi connectivity index (χ0v) is 27.2. The number of nitrogens with one attached hydrogen (secondary N) is 5. The average Bonchev–Trinajstić information content (AvgIpc) is 2.95. The summed E-state index contributed by atoms with van der Waals surface area (Å²) in [6.45, 7) is 10.4. The molecule has 0 heterocycles. The molecule has 0 aliphatic heterocycles. The molecule has 7 atom stereocenters. The monoisotopic (exact) mass is 643 g/mol. The predicted molar refractivity (Wildman–Crippen MR) is 165 cm³/mol. The van der Waals surface area contributed by atoms with E-state index in [4.69, 9.17) is 16.6 Å². The van der Waals surface area contributed by atoms with Gasteiger partial charge in [0.25, 0.3) is 0 Å². The minimum absolute atomic E-state index is 0.131. The molecule has 0 saturated heterocycles. The van der Waals surface area contributed by atoms with E-state index < -0.39 is 84.1 Å². The van der Waals surface area contributed by atoms with Crippen molar-refractivity contribution in [3.8, 4) is 0 Å². The number of hydrogen-bond donors (Lipinski definition) is 9. The fourth-order valence-corrected chi connectivity index (χ4v) is 4.21. The lowest BCUT2D eigenvalue weighted by atomic mass is 9.96. The van der Waals surface area contributed by atoms with Crippen LogP contribution in [-0.2, 0) is 33.6 Å². The van der Waals surface area contributed by atoms with E-state index in [1.165, 1.54) is 13.8 Å². The molecule has 0 aromatic rings. The van der Waals surface area contributed by atoms with Crippen LogP contribution in [0.2, 0.25) is 0 Å². The van der Waals surface area contributed by atoms with E-state index >= 15 is 0 Å². The van der Waals surface area contributed by atoms with Crippen LogP contribution in [0.4, 0.5) is 0 Å². The van der Waals surface area contributed by atoms with Gasteiger partial charge in [0.1, 0.15) is 30.2 Å². The van der Waals surface area contributed by atoms with Gasteiger partial charge in [0, 0.05) is 6.42 Å². The largest absolute Gasteiger partial charge is 0.481 e. The van der Waals surface area contributed by atoms with Crippen molar-refractivity contribution in [2.75, 3.05) is 6.54 Å². The lowest BCUT2D eigenvalue weighted by molar-refractivity contribution is -0.142. The predicted octanol–water partition coefficient (Wildman–Crippen LogP) is -1.05. The summed E-state index contributed by atoms with van der Waals surface area (Å²) >= 11 is 0. The van der Waals surface area contributed by atoms with E-state index in [1.807, 2.05) is 20.8 Å². The highest BCUT2D eigenvalue weighted by atomic mass is 16.4. The van der Waals surface area contributed by atoms with Crippen molar-refractivity contribution < 1.29 is 43.8 Å². The van der Waals surface area contributed by atoms with Crippen LogP contribution in [0.3, 0.4) is 0 Å². The van der Waals surface area contributed by atoms with Crippen LogP contribution < -0.4 is 38.1 Å². The second-order valence-corrected chi connectivity index (χ2v) is 11.7. The molecule has 0 rings (SSSR count). The quantitative estimate of drug-likeness (QED) is 0.0642. The molecular weight excluding hydrogens is 590 g/mol. The highest BCUT2D eigenvalue weighted by molar-refractivity contribution is 5.96. The maximum atomic E-state index is 13.1. The van der Waals surface area contributed by atoms with Crippen molar-refractivity contribution in [2.24, 2.45) is 23.3 Å². The minimum atomic E-state index is -1.40. The number of carboxylic acids is 2. The van der Waals surface area contributed by atoms with Crippen LogP contribution in [0.1, 0.15) is 86.5 Å². The molecule has 16 heteroatoms. The van der Waals surface area contributed by atoms with Crippen LogP contribution in [-0.4, -0.2) is 94.5 Å².